The number of imidazole rings is 1. The molecule has 0 saturated heterocycles. The highest BCUT2D eigenvalue weighted by atomic mass is 32.2. The second-order valence-corrected chi connectivity index (χ2v) is 9.22. The van der Waals surface area contributed by atoms with Gasteiger partial charge < -0.3 is 25.3 Å². The van der Waals surface area contributed by atoms with Crippen LogP contribution < -0.4 is 21.1 Å². The molecule has 0 bridgehead atoms. The van der Waals surface area contributed by atoms with Gasteiger partial charge in [-0.15, -0.1) is 23.4 Å². The summed E-state index contributed by atoms with van der Waals surface area (Å²) in [5, 5.41) is 13.6. The maximum Gasteiger partial charge on any atom is 0.573 e. The normalized spacial score (nSPS) is 12.5. The molecule has 1 atom stereocenters. The van der Waals surface area contributed by atoms with Gasteiger partial charge in [0.2, 0.25) is 11.0 Å². The largest absolute Gasteiger partial charge is 0.573 e. The zero-order valence-electron chi connectivity index (χ0n) is 16.7. The molecule has 2 aromatic heterocycles. The first kappa shape index (κ1) is 22.7. The standard InChI is InChI=1S/C19H15F3N6O3S2/c1-9(15(29)23-11-4-7-13-14(8-11)26-16(30)25-13)32-18-28-27-17(33-18)24-10-2-5-12(6-3-10)31-19(20,21)22/h2-9H,1H3,(H,23,29)(H,24,27)(H2,25,26,30). The molecule has 1 amide bonds. The minimum Gasteiger partial charge on any atom is -0.406 e. The number of thioether (sulfide) groups is 1. The zero-order valence-corrected chi connectivity index (χ0v) is 18.3. The van der Waals surface area contributed by atoms with Gasteiger partial charge in [-0.3, -0.25) is 4.79 Å². The van der Waals surface area contributed by atoms with Gasteiger partial charge in [-0.2, -0.15) is 0 Å². The van der Waals surface area contributed by atoms with E-state index in [0.29, 0.717) is 31.9 Å². The summed E-state index contributed by atoms with van der Waals surface area (Å²) < 4.78 is 41.1. The number of aromatic nitrogens is 4. The number of fused-ring (bicyclic) bond motifs is 1. The van der Waals surface area contributed by atoms with Crippen LogP contribution in [0.2, 0.25) is 0 Å². The summed E-state index contributed by atoms with van der Waals surface area (Å²) in [5.41, 5.74) is 1.92. The van der Waals surface area contributed by atoms with Crippen molar-refractivity contribution in [1.82, 2.24) is 20.2 Å². The van der Waals surface area contributed by atoms with Crippen LogP contribution in [0.3, 0.4) is 0 Å². The van der Waals surface area contributed by atoms with Crippen molar-refractivity contribution in [3.63, 3.8) is 0 Å². The van der Waals surface area contributed by atoms with Crippen molar-refractivity contribution >= 4 is 56.5 Å². The lowest BCUT2D eigenvalue weighted by Gasteiger charge is -2.10. The Kier molecular flexibility index (Phi) is 6.29. The molecule has 172 valence electrons. The van der Waals surface area contributed by atoms with E-state index in [2.05, 4.69) is 35.5 Å². The zero-order chi connectivity index (χ0) is 23.6. The van der Waals surface area contributed by atoms with E-state index in [0.717, 1.165) is 0 Å². The van der Waals surface area contributed by atoms with E-state index in [-0.39, 0.29) is 17.3 Å². The van der Waals surface area contributed by atoms with Crippen molar-refractivity contribution in [3.05, 3.63) is 52.9 Å². The molecule has 2 aromatic carbocycles. The number of hydrogen-bond donors (Lipinski definition) is 4. The molecule has 0 radical (unpaired) electrons. The Morgan fingerprint density at radius 3 is 2.52 bits per heavy atom. The van der Waals surface area contributed by atoms with Crippen LogP contribution in [0.4, 0.5) is 29.7 Å². The summed E-state index contributed by atoms with van der Waals surface area (Å²) >= 11 is 2.40. The second-order valence-electron chi connectivity index (χ2n) is 6.66. The Morgan fingerprint density at radius 1 is 1.09 bits per heavy atom. The summed E-state index contributed by atoms with van der Waals surface area (Å²) in [7, 11) is 0. The first-order valence-electron chi connectivity index (χ1n) is 9.30. The third-order valence-corrected chi connectivity index (χ3v) is 6.20. The topological polar surface area (TPSA) is 125 Å². The van der Waals surface area contributed by atoms with Crippen LogP contribution in [0.15, 0.2) is 51.6 Å². The first-order chi connectivity index (χ1) is 15.6. The monoisotopic (exact) mass is 496 g/mol. The Hall–Kier alpha value is -3.52. The molecule has 4 aromatic rings. The number of rotatable bonds is 7. The molecular formula is C19H15F3N6O3S2. The molecule has 1 unspecified atom stereocenters. The van der Waals surface area contributed by atoms with Gasteiger partial charge in [0, 0.05) is 11.4 Å². The lowest BCUT2D eigenvalue weighted by atomic mass is 10.2. The SMILES string of the molecule is CC(Sc1nnc(Nc2ccc(OC(F)(F)F)cc2)s1)C(=O)Nc1ccc2[nH]c(=O)[nH]c2c1. The number of halogens is 3. The number of amides is 1. The van der Waals surface area contributed by atoms with Gasteiger partial charge in [-0.1, -0.05) is 23.1 Å². The molecule has 2 heterocycles. The fourth-order valence-electron chi connectivity index (χ4n) is 2.73. The smallest absolute Gasteiger partial charge is 0.406 e. The van der Waals surface area contributed by atoms with Crippen molar-refractivity contribution in [1.29, 1.82) is 0 Å². The number of ether oxygens (including phenoxy) is 1. The Bertz CT molecular complexity index is 1330. The van der Waals surface area contributed by atoms with Crippen molar-refractivity contribution in [3.8, 4) is 5.75 Å². The van der Waals surface area contributed by atoms with Crippen LogP contribution in [0.5, 0.6) is 5.75 Å². The molecular weight excluding hydrogens is 481 g/mol. The van der Waals surface area contributed by atoms with Crippen LogP contribution in [-0.4, -0.2) is 37.7 Å². The molecule has 0 fully saturated rings. The molecule has 0 saturated carbocycles. The third kappa shape index (κ3) is 6.04. The summed E-state index contributed by atoms with van der Waals surface area (Å²) in [6.07, 6.45) is -4.75. The Balaban J connectivity index is 1.33. The number of carbonyl (C=O) groups excluding carboxylic acids is 1. The highest BCUT2D eigenvalue weighted by Gasteiger charge is 2.31. The lowest BCUT2D eigenvalue weighted by Crippen LogP contribution is -2.22. The molecule has 0 aliphatic carbocycles. The number of H-pyrrole nitrogens is 2. The average Bonchev–Trinajstić information content (AvgIpc) is 3.33. The fourth-order valence-corrected chi connectivity index (χ4v) is 4.65. The van der Waals surface area contributed by atoms with Gasteiger partial charge >= 0.3 is 12.1 Å². The van der Waals surface area contributed by atoms with Gasteiger partial charge in [-0.05, 0) is 49.4 Å². The lowest BCUT2D eigenvalue weighted by molar-refractivity contribution is -0.274. The molecule has 4 N–H and O–H groups in total. The van der Waals surface area contributed by atoms with Crippen molar-refractivity contribution in [2.24, 2.45) is 0 Å². The number of nitrogens with zero attached hydrogens (tertiary/aromatic N) is 2. The predicted molar refractivity (Wildman–Crippen MR) is 119 cm³/mol. The maximum atomic E-state index is 12.5. The molecule has 4 rings (SSSR count). The van der Waals surface area contributed by atoms with E-state index >= 15 is 0 Å². The van der Waals surface area contributed by atoms with Crippen LogP contribution in [0.25, 0.3) is 11.0 Å². The van der Waals surface area contributed by atoms with Crippen LogP contribution in [0.1, 0.15) is 6.92 Å². The molecule has 9 nitrogen and oxygen atoms in total. The van der Waals surface area contributed by atoms with Crippen LogP contribution in [-0.2, 0) is 4.79 Å². The van der Waals surface area contributed by atoms with E-state index in [1.165, 1.54) is 47.4 Å². The summed E-state index contributed by atoms with van der Waals surface area (Å²) in [4.78, 5) is 29.1. The van der Waals surface area contributed by atoms with Crippen molar-refractivity contribution in [2.75, 3.05) is 10.6 Å². The van der Waals surface area contributed by atoms with Gasteiger partial charge in [0.15, 0.2) is 4.34 Å². The van der Waals surface area contributed by atoms with Crippen molar-refractivity contribution < 1.29 is 22.7 Å². The molecule has 0 spiro atoms. The van der Waals surface area contributed by atoms with E-state index in [1.54, 1.807) is 25.1 Å². The van der Waals surface area contributed by atoms with Crippen LogP contribution in [0, 0.1) is 0 Å². The second kappa shape index (κ2) is 9.15. The summed E-state index contributed by atoms with van der Waals surface area (Å²) in [6.45, 7) is 1.71. The predicted octanol–water partition coefficient (Wildman–Crippen LogP) is 4.47. The van der Waals surface area contributed by atoms with E-state index in [1.807, 2.05) is 0 Å². The van der Waals surface area contributed by atoms with Gasteiger partial charge in [0.05, 0.1) is 16.3 Å². The Labute approximate surface area is 191 Å². The molecule has 0 aliphatic heterocycles. The average molecular weight is 496 g/mol. The van der Waals surface area contributed by atoms with E-state index < -0.39 is 11.6 Å². The number of carbonyl (C=O) groups is 1. The van der Waals surface area contributed by atoms with Crippen molar-refractivity contribution in [2.45, 2.75) is 22.9 Å². The quantitative estimate of drug-likeness (QED) is 0.278. The highest BCUT2D eigenvalue weighted by Crippen LogP contribution is 2.32. The number of anilines is 3. The molecule has 14 heteroatoms. The molecule has 0 aliphatic rings. The summed E-state index contributed by atoms with van der Waals surface area (Å²) in [5.74, 6) is -0.592. The number of hydrogen-bond acceptors (Lipinski definition) is 8. The van der Waals surface area contributed by atoms with Crippen LogP contribution >= 0.6 is 23.1 Å². The molecule has 33 heavy (non-hydrogen) atoms. The fraction of sp³-hybridized carbons (Fsp3) is 0.158. The first-order valence-corrected chi connectivity index (χ1v) is 11.0. The third-order valence-electron chi connectivity index (χ3n) is 4.18. The minimum atomic E-state index is -4.75. The van der Waals surface area contributed by atoms with E-state index in [4.69, 9.17) is 0 Å². The minimum absolute atomic E-state index is 0.262. The van der Waals surface area contributed by atoms with Gasteiger partial charge in [-0.25, -0.2) is 4.79 Å². The van der Waals surface area contributed by atoms with E-state index in [9.17, 15) is 22.8 Å². The maximum absolute atomic E-state index is 12.5. The van der Waals surface area contributed by atoms with Gasteiger partial charge in [0.25, 0.3) is 0 Å². The number of aromatic amines is 2. The Morgan fingerprint density at radius 2 is 1.79 bits per heavy atom. The van der Waals surface area contributed by atoms with Gasteiger partial charge in [0.1, 0.15) is 5.75 Å². The summed E-state index contributed by atoms with van der Waals surface area (Å²) in [6, 6.07) is 10.2. The highest BCUT2D eigenvalue weighted by molar-refractivity contribution is 8.02. The number of nitrogens with one attached hydrogen (secondary N) is 4. The number of alkyl halides is 3. The number of benzene rings is 2.